The number of H-pyrrole nitrogens is 1. The highest BCUT2D eigenvalue weighted by atomic mass is 32.2. The summed E-state index contributed by atoms with van der Waals surface area (Å²) >= 11 is 1.73. The first-order valence-electron chi connectivity index (χ1n) is 5.12. The van der Waals surface area contributed by atoms with Crippen LogP contribution in [0.1, 0.15) is 33.1 Å². The third-order valence-electron chi connectivity index (χ3n) is 1.93. The Morgan fingerprint density at radius 1 is 1.57 bits per heavy atom. The normalized spacial score (nSPS) is 13.0. The average Bonchev–Trinajstić information content (AvgIpc) is 2.69. The monoisotopic (exact) mass is 214 g/mol. The van der Waals surface area contributed by atoms with E-state index in [1.165, 1.54) is 12.8 Å². The molecule has 0 bridgehead atoms. The van der Waals surface area contributed by atoms with Gasteiger partial charge in [-0.15, -0.1) is 5.10 Å². The Morgan fingerprint density at radius 3 is 3.00 bits per heavy atom. The van der Waals surface area contributed by atoms with Gasteiger partial charge >= 0.3 is 0 Å². The summed E-state index contributed by atoms with van der Waals surface area (Å²) in [6.07, 6.45) is 5.32. The van der Waals surface area contributed by atoms with Crippen molar-refractivity contribution in [3.8, 4) is 0 Å². The summed E-state index contributed by atoms with van der Waals surface area (Å²) in [6.45, 7) is 5.46. The molecule has 0 aliphatic carbocycles. The van der Waals surface area contributed by atoms with Crippen LogP contribution in [0.25, 0.3) is 0 Å². The summed E-state index contributed by atoms with van der Waals surface area (Å²) in [5.41, 5.74) is 0. The summed E-state index contributed by atoms with van der Waals surface area (Å²) in [5.74, 6) is 0. The number of aromatic amines is 1. The molecule has 1 unspecified atom stereocenters. The molecule has 0 aliphatic rings. The van der Waals surface area contributed by atoms with Gasteiger partial charge in [0.1, 0.15) is 5.03 Å². The molecule has 4 nitrogen and oxygen atoms in total. The van der Waals surface area contributed by atoms with Gasteiger partial charge < -0.3 is 5.32 Å². The number of hydrogen-bond donors (Lipinski definition) is 2. The zero-order valence-corrected chi connectivity index (χ0v) is 9.60. The van der Waals surface area contributed by atoms with Crippen molar-refractivity contribution < 1.29 is 0 Å². The van der Waals surface area contributed by atoms with Crippen LogP contribution in [0.5, 0.6) is 0 Å². The second-order valence-corrected chi connectivity index (χ2v) is 4.35. The van der Waals surface area contributed by atoms with E-state index in [4.69, 9.17) is 0 Å². The molecule has 0 spiro atoms. The molecule has 0 aliphatic heterocycles. The Balaban J connectivity index is 2.24. The molecule has 1 aromatic heterocycles. The lowest BCUT2D eigenvalue weighted by atomic mass is 10.3. The van der Waals surface area contributed by atoms with E-state index >= 15 is 0 Å². The van der Waals surface area contributed by atoms with Gasteiger partial charge in [-0.3, -0.25) is 0 Å². The number of aromatic nitrogens is 3. The van der Waals surface area contributed by atoms with Crippen LogP contribution in [0.15, 0.2) is 11.2 Å². The molecule has 1 atom stereocenters. The van der Waals surface area contributed by atoms with Crippen molar-refractivity contribution in [2.75, 3.05) is 6.54 Å². The van der Waals surface area contributed by atoms with E-state index in [1.54, 1.807) is 18.0 Å². The molecule has 0 amide bonds. The van der Waals surface area contributed by atoms with Gasteiger partial charge in [0.15, 0.2) is 0 Å². The van der Waals surface area contributed by atoms with Gasteiger partial charge in [0.25, 0.3) is 0 Å². The molecule has 0 aromatic carbocycles. The maximum Gasteiger partial charge on any atom is 0.140 e. The minimum absolute atomic E-state index is 0.451. The first-order chi connectivity index (χ1) is 6.86. The third-order valence-corrected chi connectivity index (χ3v) is 3.15. The van der Waals surface area contributed by atoms with Gasteiger partial charge in [-0.05, 0) is 19.4 Å². The van der Waals surface area contributed by atoms with Crippen LogP contribution in [0.3, 0.4) is 0 Å². The molecule has 2 N–H and O–H groups in total. The van der Waals surface area contributed by atoms with Crippen LogP contribution in [0.2, 0.25) is 0 Å². The van der Waals surface area contributed by atoms with Gasteiger partial charge in [-0.1, -0.05) is 32.0 Å². The maximum atomic E-state index is 4.02. The quantitative estimate of drug-likeness (QED) is 0.414. The Bertz CT molecular complexity index is 225. The Hall–Kier alpha value is -0.550. The molecule has 0 saturated carbocycles. The SMILES string of the molecule is CCCCNC(CC)Sc1cn[nH]n1. The average molecular weight is 214 g/mol. The summed E-state index contributed by atoms with van der Waals surface area (Å²) in [4.78, 5) is 0. The lowest BCUT2D eigenvalue weighted by Crippen LogP contribution is -2.26. The van der Waals surface area contributed by atoms with Crippen molar-refractivity contribution in [2.45, 2.75) is 43.5 Å². The molecule has 80 valence electrons. The largest absolute Gasteiger partial charge is 0.305 e. The molecular formula is C9H18N4S. The van der Waals surface area contributed by atoms with Gasteiger partial charge in [-0.25, -0.2) is 0 Å². The highest BCUT2D eigenvalue weighted by Crippen LogP contribution is 2.19. The highest BCUT2D eigenvalue weighted by Gasteiger charge is 2.08. The van der Waals surface area contributed by atoms with Crippen LogP contribution in [-0.4, -0.2) is 27.3 Å². The number of unbranched alkanes of at least 4 members (excludes halogenated alkanes) is 1. The van der Waals surface area contributed by atoms with Crippen LogP contribution < -0.4 is 5.32 Å². The molecule has 1 aromatic rings. The van der Waals surface area contributed by atoms with E-state index in [1.807, 2.05) is 0 Å². The predicted octanol–water partition coefficient (Wildman–Crippen LogP) is 2.02. The van der Waals surface area contributed by atoms with Crippen LogP contribution >= 0.6 is 11.8 Å². The van der Waals surface area contributed by atoms with E-state index < -0.39 is 0 Å². The summed E-state index contributed by atoms with van der Waals surface area (Å²) < 4.78 is 0. The van der Waals surface area contributed by atoms with Crippen LogP contribution in [0, 0.1) is 0 Å². The van der Waals surface area contributed by atoms with E-state index in [0.717, 1.165) is 18.0 Å². The Morgan fingerprint density at radius 2 is 2.43 bits per heavy atom. The maximum absolute atomic E-state index is 4.02. The van der Waals surface area contributed by atoms with Crippen LogP contribution in [-0.2, 0) is 0 Å². The fourth-order valence-corrected chi connectivity index (χ4v) is 1.97. The van der Waals surface area contributed by atoms with Crippen molar-refractivity contribution in [1.82, 2.24) is 20.7 Å². The summed E-state index contributed by atoms with van der Waals surface area (Å²) in [6, 6.07) is 0. The first kappa shape index (κ1) is 11.5. The topological polar surface area (TPSA) is 53.6 Å². The number of hydrogen-bond acceptors (Lipinski definition) is 4. The number of thioether (sulfide) groups is 1. The zero-order valence-electron chi connectivity index (χ0n) is 8.79. The van der Waals surface area contributed by atoms with Crippen molar-refractivity contribution >= 4 is 11.8 Å². The van der Waals surface area contributed by atoms with Crippen molar-refractivity contribution in [3.63, 3.8) is 0 Å². The molecule has 14 heavy (non-hydrogen) atoms. The molecule has 1 rings (SSSR count). The number of nitrogens with one attached hydrogen (secondary N) is 2. The van der Waals surface area contributed by atoms with Crippen LogP contribution in [0.4, 0.5) is 0 Å². The highest BCUT2D eigenvalue weighted by molar-refractivity contribution is 7.99. The molecule has 5 heteroatoms. The van der Waals surface area contributed by atoms with Gasteiger partial charge in [0.2, 0.25) is 0 Å². The molecule has 0 radical (unpaired) electrons. The van der Waals surface area contributed by atoms with Crippen molar-refractivity contribution in [3.05, 3.63) is 6.20 Å². The fourth-order valence-electron chi connectivity index (χ4n) is 1.10. The molecule has 0 fully saturated rings. The summed E-state index contributed by atoms with van der Waals surface area (Å²) in [7, 11) is 0. The van der Waals surface area contributed by atoms with E-state index in [0.29, 0.717) is 5.37 Å². The predicted molar refractivity (Wildman–Crippen MR) is 59.2 cm³/mol. The fraction of sp³-hybridized carbons (Fsp3) is 0.778. The molecule has 0 saturated heterocycles. The van der Waals surface area contributed by atoms with Crippen molar-refractivity contribution in [2.24, 2.45) is 0 Å². The van der Waals surface area contributed by atoms with E-state index in [2.05, 4.69) is 34.6 Å². The third kappa shape index (κ3) is 4.11. The Labute approximate surface area is 89.2 Å². The standard InChI is InChI=1S/C9H18N4S/c1-3-5-6-10-8(4-2)14-9-7-11-13-12-9/h7-8,10H,3-6H2,1-2H3,(H,11,12,13). The first-order valence-corrected chi connectivity index (χ1v) is 6.00. The minimum atomic E-state index is 0.451. The van der Waals surface area contributed by atoms with Gasteiger partial charge in [-0.2, -0.15) is 10.3 Å². The van der Waals surface area contributed by atoms with Crippen molar-refractivity contribution in [1.29, 1.82) is 0 Å². The number of rotatable bonds is 7. The second kappa shape index (κ2) is 6.84. The number of nitrogens with zero attached hydrogens (tertiary/aromatic N) is 2. The minimum Gasteiger partial charge on any atom is -0.305 e. The zero-order chi connectivity index (χ0) is 10.2. The van der Waals surface area contributed by atoms with E-state index in [9.17, 15) is 0 Å². The lowest BCUT2D eigenvalue weighted by Gasteiger charge is -2.14. The smallest absolute Gasteiger partial charge is 0.140 e. The Kier molecular flexibility index (Phi) is 5.63. The molecular weight excluding hydrogens is 196 g/mol. The molecule has 1 heterocycles. The summed E-state index contributed by atoms with van der Waals surface area (Å²) in [5, 5.41) is 15.3. The van der Waals surface area contributed by atoms with E-state index in [-0.39, 0.29) is 0 Å². The second-order valence-electron chi connectivity index (χ2n) is 3.13. The van der Waals surface area contributed by atoms with Gasteiger partial charge in [0.05, 0.1) is 11.6 Å². The van der Waals surface area contributed by atoms with Gasteiger partial charge in [0, 0.05) is 0 Å². The lowest BCUT2D eigenvalue weighted by molar-refractivity contribution is 0.601.